The van der Waals surface area contributed by atoms with Crippen molar-refractivity contribution in [3.05, 3.63) is 29.6 Å². The molecular formula is C26H39FO3. The van der Waals surface area contributed by atoms with Gasteiger partial charge in [-0.2, -0.15) is 0 Å². The van der Waals surface area contributed by atoms with Crippen LogP contribution in [0.5, 0.6) is 5.75 Å². The van der Waals surface area contributed by atoms with Crippen LogP contribution >= 0.6 is 0 Å². The number of hydrogen-bond donors (Lipinski definition) is 1. The van der Waals surface area contributed by atoms with E-state index in [1.165, 1.54) is 70.3 Å². The van der Waals surface area contributed by atoms with Gasteiger partial charge in [0.1, 0.15) is 11.6 Å². The monoisotopic (exact) mass is 418 g/mol. The molecule has 1 N–H and O–H groups in total. The van der Waals surface area contributed by atoms with Crippen molar-refractivity contribution in [2.75, 3.05) is 6.61 Å². The van der Waals surface area contributed by atoms with E-state index in [0.717, 1.165) is 36.2 Å². The summed E-state index contributed by atoms with van der Waals surface area (Å²) in [7, 11) is 0. The van der Waals surface area contributed by atoms with Gasteiger partial charge in [-0.25, -0.2) is 4.39 Å². The van der Waals surface area contributed by atoms with Crippen LogP contribution in [0.15, 0.2) is 18.2 Å². The number of benzene rings is 1. The molecule has 0 saturated heterocycles. The summed E-state index contributed by atoms with van der Waals surface area (Å²) in [6.45, 7) is 2.02. The zero-order chi connectivity index (χ0) is 21.3. The molecule has 0 atom stereocenters. The van der Waals surface area contributed by atoms with Crippen LogP contribution in [0.25, 0.3) is 0 Å². The van der Waals surface area contributed by atoms with Crippen molar-refractivity contribution in [2.45, 2.75) is 96.3 Å². The highest BCUT2D eigenvalue weighted by Gasteiger charge is 2.31. The van der Waals surface area contributed by atoms with Gasteiger partial charge in [0.05, 0.1) is 13.0 Å². The van der Waals surface area contributed by atoms with Crippen LogP contribution in [0.3, 0.4) is 0 Å². The second kappa shape index (κ2) is 11.8. The summed E-state index contributed by atoms with van der Waals surface area (Å²) in [6.07, 6.45) is 15.6. The van der Waals surface area contributed by atoms with Gasteiger partial charge in [-0.3, -0.25) is 4.79 Å². The number of carbonyl (C=O) groups is 1. The molecule has 0 radical (unpaired) electrons. The minimum Gasteiger partial charge on any atom is -0.426 e. The topological polar surface area (TPSA) is 46.5 Å². The standard InChI is InChI=1S/C26H39FO3/c1-2-3-4-5-19-6-8-20(9-7-19)21-10-12-22(13-11-21)24-15-14-23(18-25(24)27)30-26(29)16-17-28/h14-15,18-22,28H,2-13,16-17H2,1H3. The molecule has 0 spiro atoms. The lowest BCUT2D eigenvalue weighted by atomic mass is 9.68. The van der Waals surface area contributed by atoms with E-state index in [9.17, 15) is 9.18 Å². The Morgan fingerprint density at radius 2 is 1.70 bits per heavy atom. The number of ether oxygens (including phenoxy) is 1. The van der Waals surface area contributed by atoms with E-state index in [-0.39, 0.29) is 30.5 Å². The van der Waals surface area contributed by atoms with Gasteiger partial charge in [0.15, 0.2) is 0 Å². The summed E-state index contributed by atoms with van der Waals surface area (Å²) in [5.41, 5.74) is 0.759. The average Bonchev–Trinajstić information content (AvgIpc) is 2.75. The van der Waals surface area contributed by atoms with E-state index in [4.69, 9.17) is 9.84 Å². The van der Waals surface area contributed by atoms with Crippen molar-refractivity contribution < 1.29 is 19.0 Å². The van der Waals surface area contributed by atoms with Crippen LogP contribution in [0.1, 0.15) is 102 Å². The maximum absolute atomic E-state index is 14.7. The molecule has 30 heavy (non-hydrogen) atoms. The lowest BCUT2D eigenvalue weighted by molar-refractivity contribution is -0.135. The van der Waals surface area contributed by atoms with Crippen LogP contribution in [-0.4, -0.2) is 17.7 Å². The maximum atomic E-state index is 14.7. The van der Waals surface area contributed by atoms with Gasteiger partial charge in [0, 0.05) is 6.07 Å². The fraction of sp³-hybridized carbons (Fsp3) is 0.731. The molecule has 3 nitrogen and oxygen atoms in total. The summed E-state index contributed by atoms with van der Waals surface area (Å²) < 4.78 is 19.7. The number of aliphatic hydroxyl groups excluding tert-OH is 1. The van der Waals surface area contributed by atoms with Crippen LogP contribution in [0.4, 0.5) is 4.39 Å². The average molecular weight is 419 g/mol. The molecule has 0 bridgehead atoms. The van der Waals surface area contributed by atoms with E-state index in [1.54, 1.807) is 12.1 Å². The van der Waals surface area contributed by atoms with Gasteiger partial charge in [0.2, 0.25) is 0 Å². The molecule has 4 heteroatoms. The van der Waals surface area contributed by atoms with E-state index in [1.807, 2.05) is 0 Å². The molecular weight excluding hydrogens is 379 g/mol. The number of hydrogen-bond acceptors (Lipinski definition) is 3. The van der Waals surface area contributed by atoms with Crippen molar-refractivity contribution in [1.29, 1.82) is 0 Å². The summed E-state index contributed by atoms with van der Waals surface area (Å²) in [5, 5.41) is 8.78. The number of carbonyl (C=O) groups excluding carboxylic acids is 1. The van der Waals surface area contributed by atoms with Crippen LogP contribution in [-0.2, 0) is 4.79 Å². The maximum Gasteiger partial charge on any atom is 0.313 e. The van der Waals surface area contributed by atoms with Crippen molar-refractivity contribution in [1.82, 2.24) is 0 Å². The predicted octanol–water partition coefficient (Wildman–Crippen LogP) is 6.77. The highest BCUT2D eigenvalue weighted by Crippen LogP contribution is 2.45. The normalized spacial score (nSPS) is 27.0. The Morgan fingerprint density at radius 1 is 1.03 bits per heavy atom. The van der Waals surface area contributed by atoms with Gasteiger partial charge in [-0.1, -0.05) is 51.5 Å². The molecule has 0 aliphatic heterocycles. The van der Waals surface area contributed by atoms with Gasteiger partial charge < -0.3 is 9.84 Å². The Balaban J connectivity index is 1.45. The summed E-state index contributed by atoms with van der Waals surface area (Å²) in [6, 6.07) is 4.78. The fourth-order valence-electron chi connectivity index (χ4n) is 5.71. The highest BCUT2D eigenvalue weighted by molar-refractivity contribution is 5.72. The number of aliphatic hydroxyl groups is 1. The van der Waals surface area contributed by atoms with Gasteiger partial charge in [0.25, 0.3) is 0 Å². The molecule has 2 aliphatic rings. The minimum absolute atomic E-state index is 0.0754. The van der Waals surface area contributed by atoms with Gasteiger partial charge in [-0.05, 0) is 73.8 Å². The van der Waals surface area contributed by atoms with Crippen molar-refractivity contribution in [3.63, 3.8) is 0 Å². The summed E-state index contributed by atoms with van der Waals surface area (Å²) in [5.74, 6) is 2.34. The van der Waals surface area contributed by atoms with Crippen molar-refractivity contribution in [2.24, 2.45) is 17.8 Å². The summed E-state index contributed by atoms with van der Waals surface area (Å²) >= 11 is 0. The molecule has 0 aromatic heterocycles. The molecule has 0 amide bonds. The first-order valence-electron chi connectivity index (χ1n) is 12.2. The molecule has 1 aromatic rings. The highest BCUT2D eigenvalue weighted by atomic mass is 19.1. The Bertz CT molecular complexity index is 658. The van der Waals surface area contributed by atoms with Crippen LogP contribution in [0.2, 0.25) is 0 Å². The molecule has 168 valence electrons. The Kier molecular flexibility index (Phi) is 9.17. The van der Waals surface area contributed by atoms with E-state index < -0.39 is 5.97 Å². The molecule has 0 unspecified atom stereocenters. The first-order chi connectivity index (χ1) is 14.6. The predicted molar refractivity (Wildman–Crippen MR) is 118 cm³/mol. The third-order valence-electron chi connectivity index (χ3n) is 7.51. The number of esters is 1. The van der Waals surface area contributed by atoms with Gasteiger partial charge >= 0.3 is 5.97 Å². The minimum atomic E-state index is -0.537. The Hall–Kier alpha value is -1.42. The van der Waals surface area contributed by atoms with Crippen molar-refractivity contribution in [3.8, 4) is 5.75 Å². The molecule has 2 fully saturated rings. The molecule has 1 aromatic carbocycles. The first kappa shape index (κ1) is 23.2. The van der Waals surface area contributed by atoms with E-state index in [0.29, 0.717) is 0 Å². The Morgan fingerprint density at radius 3 is 2.30 bits per heavy atom. The first-order valence-corrected chi connectivity index (χ1v) is 12.2. The fourth-order valence-corrected chi connectivity index (χ4v) is 5.71. The second-order valence-electron chi connectivity index (χ2n) is 9.52. The SMILES string of the molecule is CCCCCC1CCC(C2CCC(c3ccc(OC(=O)CCO)cc3F)CC2)CC1. The molecule has 3 rings (SSSR count). The largest absolute Gasteiger partial charge is 0.426 e. The molecule has 0 heterocycles. The van der Waals surface area contributed by atoms with Gasteiger partial charge in [-0.15, -0.1) is 0 Å². The van der Waals surface area contributed by atoms with E-state index >= 15 is 0 Å². The lowest BCUT2D eigenvalue weighted by Crippen LogP contribution is -2.25. The third kappa shape index (κ3) is 6.54. The van der Waals surface area contributed by atoms with Crippen molar-refractivity contribution >= 4 is 5.97 Å². The quantitative estimate of drug-likeness (QED) is 0.273. The zero-order valence-electron chi connectivity index (χ0n) is 18.6. The molecule has 2 saturated carbocycles. The van der Waals surface area contributed by atoms with Crippen LogP contribution < -0.4 is 4.74 Å². The second-order valence-corrected chi connectivity index (χ2v) is 9.52. The van der Waals surface area contributed by atoms with Crippen LogP contribution in [0, 0.1) is 23.6 Å². The summed E-state index contributed by atoms with van der Waals surface area (Å²) in [4.78, 5) is 11.5. The molecule has 2 aliphatic carbocycles. The third-order valence-corrected chi connectivity index (χ3v) is 7.51. The Labute approximate surface area is 181 Å². The number of unbranched alkanes of at least 4 members (excludes halogenated alkanes) is 2. The zero-order valence-corrected chi connectivity index (χ0v) is 18.6. The van der Waals surface area contributed by atoms with E-state index in [2.05, 4.69) is 6.92 Å². The number of rotatable bonds is 9. The number of halogens is 1. The smallest absolute Gasteiger partial charge is 0.313 e. The lowest BCUT2D eigenvalue weighted by Gasteiger charge is -2.38.